The number of halogens is 1. The summed E-state index contributed by atoms with van der Waals surface area (Å²) in [6.45, 7) is 2.65. The second kappa shape index (κ2) is 6.22. The van der Waals surface area contributed by atoms with Gasteiger partial charge in [0.05, 0.1) is 5.56 Å². The summed E-state index contributed by atoms with van der Waals surface area (Å²) >= 11 is 0. The van der Waals surface area contributed by atoms with Crippen LogP contribution in [0.2, 0.25) is 0 Å². The van der Waals surface area contributed by atoms with Gasteiger partial charge in [0, 0.05) is 5.56 Å². The molecule has 1 N–H and O–H groups in total. The van der Waals surface area contributed by atoms with Crippen LogP contribution in [0, 0.1) is 5.92 Å². The molecule has 2 aliphatic rings. The van der Waals surface area contributed by atoms with Gasteiger partial charge >= 0.3 is 5.97 Å². The molecule has 4 heteroatoms. The molecule has 1 saturated heterocycles. The molecule has 0 aromatic heterocycles. The van der Waals surface area contributed by atoms with Crippen molar-refractivity contribution in [2.24, 2.45) is 5.92 Å². The largest absolute Gasteiger partial charge is 0.457 e. The highest BCUT2D eigenvalue weighted by Crippen LogP contribution is 2.22. The molecule has 2 heterocycles. The first-order valence-corrected chi connectivity index (χ1v) is 6.52. The van der Waals surface area contributed by atoms with Crippen LogP contribution in [-0.4, -0.2) is 19.1 Å². The monoisotopic (exact) mass is 279 g/mol. The fourth-order valence-corrected chi connectivity index (χ4v) is 2.54. The Bertz CT molecular complexity index is 493. The van der Waals surface area contributed by atoms with Crippen LogP contribution < -0.4 is 5.32 Å². The molecule has 0 unspecified atom stereocenters. The summed E-state index contributed by atoms with van der Waals surface area (Å²) in [5.74, 6) is 0.483. The minimum absolute atomic E-state index is 0. The molecule has 2 aliphatic heterocycles. The lowest BCUT2D eigenvalue weighted by molar-refractivity contribution is 0.0535. The SMILES string of the molecule is Cl.O=C1OCc2cc(C=CC3CCNCC3)ccc21. The summed E-state index contributed by atoms with van der Waals surface area (Å²) in [6, 6.07) is 5.91. The predicted octanol–water partition coefficient (Wildman–Crippen LogP) is 2.79. The first kappa shape index (κ1) is 14.1. The number of carbonyl (C=O) groups is 1. The number of ether oxygens (including phenoxy) is 1. The van der Waals surface area contributed by atoms with E-state index in [2.05, 4.69) is 23.5 Å². The Labute approximate surface area is 119 Å². The third kappa shape index (κ3) is 3.17. The van der Waals surface area contributed by atoms with E-state index in [4.69, 9.17) is 4.74 Å². The van der Waals surface area contributed by atoms with Gasteiger partial charge in [0.15, 0.2) is 0 Å². The highest BCUT2D eigenvalue weighted by atomic mass is 35.5. The van der Waals surface area contributed by atoms with Crippen LogP contribution in [0.4, 0.5) is 0 Å². The van der Waals surface area contributed by atoms with Crippen LogP contribution in [0.25, 0.3) is 6.08 Å². The van der Waals surface area contributed by atoms with Crippen LogP contribution in [0.15, 0.2) is 24.3 Å². The number of fused-ring (bicyclic) bond motifs is 1. The molecule has 3 nitrogen and oxygen atoms in total. The lowest BCUT2D eigenvalue weighted by atomic mass is 9.96. The summed E-state index contributed by atoms with van der Waals surface area (Å²) in [5, 5.41) is 3.36. The molecule has 3 rings (SSSR count). The van der Waals surface area contributed by atoms with Gasteiger partial charge in [0.1, 0.15) is 6.61 Å². The topological polar surface area (TPSA) is 38.3 Å². The molecule has 102 valence electrons. The average Bonchev–Trinajstić information content (AvgIpc) is 2.79. The third-order valence-electron chi connectivity index (χ3n) is 3.65. The van der Waals surface area contributed by atoms with Gasteiger partial charge in [-0.15, -0.1) is 12.4 Å². The van der Waals surface area contributed by atoms with Crippen molar-refractivity contribution in [3.63, 3.8) is 0 Å². The number of carbonyl (C=O) groups excluding carboxylic acids is 1. The summed E-state index contributed by atoms with van der Waals surface area (Å²) in [4.78, 5) is 11.3. The standard InChI is InChI=1S/C15H17NO2.ClH/c17-15-14-4-3-12(9-13(14)10-18-15)2-1-11-5-7-16-8-6-11;/h1-4,9,11,16H,5-8,10H2;1H. The molecule has 0 radical (unpaired) electrons. The fraction of sp³-hybridized carbons (Fsp3) is 0.400. The Morgan fingerprint density at radius 2 is 2.05 bits per heavy atom. The second-order valence-corrected chi connectivity index (χ2v) is 4.94. The number of esters is 1. The van der Waals surface area contributed by atoms with Gasteiger partial charge in [-0.25, -0.2) is 4.79 Å². The van der Waals surface area contributed by atoms with E-state index in [1.165, 1.54) is 12.8 Å². The number of allylic oxidation sites excluding steroid dienone is 1. The number of piperidine rings is 1. The summed E-state index contributed by atoms with van der Waals surface area (Å²) < 4.78 is 5.00. The van der Waals surface area contributed by atoms with E-state index >= 15 is 0 Å². The van der Waals surface area contributed by atoms with Crippen molar-refractivity contribution < 1.29 is 9.53 Å². The van der Waals surface area contributed by atoms with E-state index in [0.717, 1.165) is 24.2 Å². The highest BCUT2D eigenvalue weighted by molar-refractivity contribution is 5.93. The van der Waals surface area contributed by atoms with Gasteiger partial charge in [-0.2, -0.15) is 0 Å². The predicted molar refractivity (Wildman–Crippen MR) is 77.4 cm³/mol. The van der Waals surface area contributed by atoms with E-state index in [1.54, 1.807) is 0 Å². The van der Waals surface area contributed by atoms with E-state index in [1.807, 2.05) is 12.1 Å². The zero-order valence-corrected chi connectivity index (χ0v) is 11.5. The zero-order valence-electron chi connectivity index (χ0n) is 10.7. The van der Waals surface area contributed by atoms with Crippen LogP contribution in [-0.2, 0) is 11.3 Å². The molecule has 1 aromatic rings. The van der Waals surface area contributed by atoms with Gasteiger partial charge in [-0.05, 0) is 49.5 Å². The summed E-state index contributed by atoms with van der Waals surface area (Å²) in [5.41, 5.74) is 2.88. The molecule has 0 aliphatic carbocycles. The van der Waals surface area contributed by atoms with Gasteiger partial charge in [0.2, 0.25) is 0 Å². The number of hydrogen-bond donors (Lipinski definition) is 1. The molecule has 19 heavy (non-hydrogen) atoms. The summed E-state index contributed by atoms with van der Waals surface area (Å²) in [7, 11) is 0. The van der Waals surface area contributed by atoms with Crippen molar-refractivity contribution in [2.75, 3.05) is 13.1 Å². The Morgan fingerprint density at radius 1 is 1.26 bits per heavy atom. The highest BCUT2D eigenvalue weighted by Gasteiger charge is 2.20. The molecule has 0 bridgehead atoms. The number of benzene rings is 1. The van der Waals surface area contributed by atoms with Crippen molar-refractivity contribution in [1.29, 1.82) is 0 Å². The molecule has 0 spiro atoms. The van der Waals surface area contributed by atoms with Crippen LogP contribution >= 0.6 is 12.4 Å². The minimum Gasteiger partial charge on any atom is -0.457 e. The van der Waals surface area contributed by atoms with Gasteiger partial charge in [-0.1, -0.05) is 18.2 Å². The van der Waals surface area contributed by atoms with Crippen molar-refractivity contribution >= 4 is 24.5 Å². The van der Waals surface area contributed by atoms with E-state index in [9.17, 15) is 4.79 Å². The molecular weight excluding hydrogens is 262 g/mol. The Hall–Kier alpha value is -1.32. The molecule has 0 amide bonds. The lowest BCUT2D eigenvalue weighted by Gasteiger charge is -2.19. The summed E-state index contributed by atoms with van der Waals surface area (Å²) in [6.07, 6.45) is 6.88. The normalized spacial score (nSPS) is 19.1. The van der Waals surface area contributed by atoms with Crippen molar-refractivity contribution in [1.82, 2.24) is 5.32 Å². The Kier molecular flexibility index (Phi) is 4.61. The van der Waals surface area contributed by atoms with Gasteiger partial charge < -0.3 is 10.1 Å². The van der Waals surface area contributed by atoms with Crippen molar-refractivity contribution in [3.05, 3.63) is 41.0 Å². The maximum Gasteiger partial charge on any atom is 0.338 e. The van der Waals surface area contributed by atoms with E-state index in [0.29, 0.717) is 18.1 Å². The maximum absolute atomic E-state index is 11.3. The Morgan fingerprint density at radius 3 is 2.84 bits per heavy atom. The minimum atomic E-state index is -0.195. The number of cyclic esters (lactones) is 1. The zero-order chi connectivity index (χ0) is 12.4. The molecule has 0 saturated carbocycles. The molecule has 1 fully saturated rings. The van der Waals surface area contributed by atoms with Gasteiger partial charge in [-0.3, -0.25) is 0 Å². The van der Waals surface area contributed by atoms with Crippen LogP contribution in [0.1, 0.15) is 34.3 Å². The quantitative estimate of drug-likeness (QED) is 0.846. The molecule has 0 atom stereocenters. The van der Waals surface area contributed by atoms with E-state index in [-0.39, 0.29) is 18.4 Å². The van der Waals surface area contributed by atoms with E-state index < -0.39 is 0 Å². The fourth-order valence-electron chi connectivity index (χ4n) is 2.54. The second-order valence-electron chi connectivity index (χ2n) is 4.94. The average molecular weight is 280 g/mol. The van der Waals surface area contributed by atoms with Crippen molar-refractivity contribution in [3.8, 4) is 0 Å². The van der Waals surface area contributed by atoms with Crippen molar-refractivity contribution in [2.45, 2.75) is 19.4 Å². The number of nitrogens with one attached hydrogen (secondary N) is 1. The lowest BCUT2D eigenvalue weighted by Crippen LogP contribution is -2.26. The third-order valence-corrected chi connectivity index (χ3v) is 3.65. The van der Waals surface area contributed by atoms with Crippen LogP contribution in [0.3, 0.4) is 0 Å². The van der Waals surface area contributed by atoms with Crippen LogP contribution in [0.5, 0.6) is 0 Å². The number of hydrogen-bond acceptors (Lipinski definition) is 3. The smallest absolute Gasteiger partial charge is 0.338 e. The first-order valence-electron chi connectivity index (χ1n) is 6.52. The first-order chi connectivity index (χ1) is 8.83. The maximum atomic E-state index is 11.3. The molecular formula is C15H18ClNO2. The van der Waals surface area contributed by atoms with Gasteiger partial charge in [0.25, 0.3) is 0 Å². The number of rotatable bonds is 2. The molecule has 1 aromatic carbocycles. The Balaban J connectivity index is 0.00000133.